The van der Waals surface area contributed by atoms with Crippen molar-refractivity contribution in [3.63, 3.8) is 0 Å². The number of nitrogens with one attached hydrogen (secondary N) is 1. The Morgan fingerprint density at radius 1 is 1.23 bits per heavy atom. The molecule has 1 unspecified atom stereocenters. The van der Waals surface area contributed by atoms with Crippen LogP contribution in [0, 0.1) is 17.6 Å². The monoisotopic (exact) mass is 438 g/mol. The first-order valence-electron chi connectivity index (χ1n) is 10.1. The van der Waals surface area contributed by atoms with Gasteiger partial charge in [-0.1, -0.05) is 27.2 Å². The van der Waals surface area contributed by atoms with Gasteiger partial charge in [0.05, 0.1) is 0 Å². The molecular weight excluding hydrogens is 410 g/mol. The summed E-state index contributed by atoms with van der Waals surface area (Å²) in [5.74, 6) is -2.97. The zero-order chi connectivity index (χ0) is 23.3. The van der Waals surface area contributed by atoms with Crippen molar-refractivity contribution >= 4 is 17.4 Å². The summed E-state index contributed by atoms with van der Waals surface area (Å²) in [4.78, 5) is 41.4. The number of anilines is 2. The molecule has 0 bridgehead atoms. The van der Waals surface area contributed by atoms with Gasteiger partial charge in [-0.15, -0.1) is 0 Å². The second-order valence-electron chi connectivity index (χ2n) is 7.68. The Morgan fingerprint density at radius 2 is 1.90 bits per heavy atom. The lowest BCUT2D eigenvalue weighted by Crippen LogP contribution is -2.47. The standard InChI is InChI=1S/C21H28F2N4O4/c1-5-6-9-26-18(24)17(19(28)25-21(26)30)27(11-12(2)3)20(29)13(4)31-14-7-8-15(22)16(23)10-14/h7-8,10,12-13H,5-6,9,11,24H2,1-4H3,(H,25,28,30). The van der Waals surface area contributed by atoms with Crippen LogP contribution in [0.5, 0.6) is 5.75 Å². The third kappa shape index (κ3) is 5.71. The summed E-state index contributed by atoms with van der Waals surface area (Å²) in [6.07, 6.45) is 0.315. The molecule has 0 radical (unpaired) electrons. The number of unbranched alkanes of at least 4 members (excludes halogenated alkanes) is 1. The van der Waals surface area contributed by atoms with Crippen LogP contribution in [0.25, 0.3) is 0 Å². The summed E-state index contributed by atoms with van der Waals surface area (Å²) in [5, 5.41) is 0. The van der Waals surface area contributed by atoms with Gasteiger partial charge in [0.25, 0.3) is 11.5 Å². The second-order valence-corrected chi connectivity index (χ2v) is 7.68. The molecule has 0 saturated carbocycles. The summed E-state index contributed by atoms with van der Waals surface area (Å²) in [6.45, 7) is 7.48. The normalized spacial score (nSPS) is 12.1. The number of H-pyrrole nitrogens is 1. The number of aromatic amines is 1. The van der Waals surface area contributed by atoms with Crippen molar-refractivity contribution in [3.05, 3.63) is 50.7 Å². The smallest absolute Gasteiger partial charge is 0.330 e. The van der Waals surface area contributed by atoms with Crippen LogP contribution in [0.4, 0.5) is 20.3 Å². The first-order chi connectivity index (χ1) is 14.6. The number of carbonyl (C=O) groups excluding carboxylic acids is 1. The van der Waals surface area contributed by atoms with E-state index in [0.29, 0.717) is 6.42 Å². The van der Waals surface area contributed by atoms with Crippen LogP contribution in [0.2, 0.25) is 0 Å². The molecule has 1 atom stereocenters. The van der Waals surface area contributed by atoms with Gasteiger partial charge in [0, 0.05) is 19.2 Å². The summed E-state index contributed by atoms with van der Waals surface area (Å²) in [7, 11) is 0. The highest BCUT2D eigenvalue weighted by atomic mass is 19.2. The van der Waals surface area contributed by atoms with Crippen LogP contribution in [-0.2, 0) is 11.3 Å². The van der Waals surface area contributed by atoms with Gasteiger partial charge in [-0.05, 0) is 31.4 Å². The lowest BCUT2D eigenvalue weighted by Gasteiger charge is -2.28. The van der Waals surface area contributed by atoms with Gasteiger partial charge < -0.3 is 15.4 Å². The zero-order valence-electron chi connectivity index (χ0n) is 18.1. The molecule has 0 saturated heterocycles. The minimum Gasteiger partial charge on any atom is -0.481 e. The van der Waals surface area contributed by atoms with E-state index in [1.54, 1.807) is 0 Å². The maximum Gasteiger partial charge on any atom is 0.330 e. The van der Waals surface area contributed by atoms with E-state index in [4.69, 9.17) is 10.5 Å². The number of amides is 1. The van der Waals surface area contributed by atoms with Crippen LogP contribution < -0.4 is 26.6 Å². The molecule has 1 aromatic heterocycles. The maximum atomic E-state index is 13.5. The fourth-order valence-corrected chi connectivity index (χ4v) is 3.06. The fraction of sp³-hybridized carbons (Fsp3) is 0.476. The van der Waals surface area contributed by atoms with E-state index >= 15 is 0 Å². The number of ether oxygens (including phenoxy) is 1. The highest BCUT2D eigenvalue weighted by Crippen LogP contribution is 2.22. The molecule has 0 aliphatic rings. The first kappa shape index (κ1) is 24.1. The lowest BCUT2D eigenvalue weighted by molar-refractivity contribution is -0.124. The van der Waals surface area contributed by atoms with Crippen LogP contribution in [0.1, 0.15) is 40.5 Å². The van der Waals surface area contributed by atoms with Crippen molar-refractivity contribution < 1.29 is 18.3 Å². The highest BCUT2D eigenvalue weighted by molar-refractivity contribution is 5.98. The summed E-state index contributed by atoms with van der Waals surface area (Å²) in [5.41, 5.74) is 4.57. The predicted molar refractivity (Wildman–Crippen MR) is 114 cm³/mol. The SMILES string of the molecule is CCCCn1c(N)c(N(CC(C)C)C(=O)C(C)Oc2ccc(F)c(F)c2)c(=O)[nH]c1=O. The Bertz CT molecular complexity index is 1050. The van der Waals surface area contributed by atoms with E-state index in [0.717, 1.165) is 18.6 Å². The van der Waals surface area contributed by atoms with Crippen molar-refractivity contribution in [3.8, 4) is 5.75 Å². The van der Waals surface area contributed by atoms with E-state index < -0.39 is 34.9 Å². The Hall–Kier alpha value is -3.17. The Labute approximate surface area is 178 Å². The van der Waals surface area contributed by atoms with Crippen LogP contribution >= 0.6 is 0 Å². The van der Waals surface area contributed by atoms with Gasteiger partial charge in [-0.3, -0.25) is 19.1 Å². The number of hydrogen-bond donors (Lipinski definition) is 2. The van der Waals surface area contributed by atoms with E-state index in [2.05, 4.69) is 4.98 Å². The quantitative estimate of drug-likeness (QED) is 0.625. The Balaban J connectivity index is 2.45. The lowest BCUT2D eigenvalue weighted by atomic mass is 10.1. The molecule has 170 valence electrons. The van der Waals surface area contributed by atoms with Crippen LogP contribution in [0.3, 0.4) is 0 Å². The summed E-state index contributed by atoms with van der Waals surface area (Å²) >= 11 is 0. The molecule has 2 rings (SSSR count). The largest absolute Gasteiger partial charge is 0.481 e. The number of rotatable bonds is 9. The average Bonchev–Trinajstić information content (AvgIpc) is 2.68. The van der Waals surface area contributed by atoms with Gasteiger partial charge in [0.15, 0.2) is 23.4 Å². The van der Waals surface area contributed by atoms with Crippen molar-refractivity contribution in [2.45, 2.75) is 53.2 Å². The predicted octanol–water partition coefficient (Wildman–Crippen LogP) is 2.65. The number of hydrogen-bond acceptors (Lipinski definition) is 5. The van der Waals surface area contributed by atoms with E-state index in [1.165, 1.54) is 22.5 Å². The molecule has 10 heteroatoms. The second kappa shape index (κ2) is 10.2. The van der Waals surface area contributed by atoms with Gasteiger partial charge in [-0.25, -0.2) is 13.6 Å². The molecule has 31 heavy (non-hydrogen) atoms. The number of aromatic nitrogens is 2. The summed E-state index contributed by atoms with van der Waals surface area (Å²) in [6, 6.07) is 2.92. The number of nitrogens with zero attached hydrogens (tertiary/aromatic N) is 2. The van der Waals surface area contributed by atoms with E-state index in [1.807, 2.05) is 20.8 Å². The topological polar surface area (TPSA) is 110 Å². The third-order valence-electron chi connectivity index (χ3n) is 4.58. The molecule has 0 spiro atoms. The molecule has 1 aromatic carbocycles. The molecule has 0 aliphatic carbocycles. The molecular formula is C21H28F2N4O4. The first-order valence-corrected chi connectivity index (χ1v) is 10.1. The number of carbonyl (C=O) groups is 1. The zero-order valence-corrected chi connectivity index (χ0v) is 18.1. The van der Waals surface area contributed by atoms with Crippen LogP contribution in [-0.4, -0.2) is 28.1 Å². The fourth-order valence-electron chi connectivity index (χ4n) is 3.06. The van der Waals surface area contributed by atoms with Gasteiger partial charge in [0.2, 0.25) is 0 Å². The molecule has 1 amide bonds. The minimum absolute atomic E-state index is 0.0426. The van der Waals surface area contributed by atoms with Gasteiger partial charge in [-0.2, -0.15) is 0 Å². The highest BCUT2D eigenvalue weighted by Gasteiger charge is 2.29. The van der Waals surface area contributed by atoms with Gasteiger partial charge in [0.1, 0.15) is 11.6 Å². The Morgan fingerprint density at radius 3 is 2.48 bits per heavy atom. The molecule has 2 aromatic rings. The average molecular weight is 438 g/mol. The Kier molecular flexibility index (Phi) is 7.95. The third-order valence-corrected chi connectivity index (χ3v) is 4.58. The number of benzene rings is 1. The van der Waals surface area contributed by atoms with Crippen molar-refractivity contribution in [1.29, 1.82) is 0 Å². The molecule has 1 heterocycles. The summed E-state index contributed by atoms with van der Waals surface area (Å²) < 4.78 is 33.3. The van der Waals surface area contributed by atoms with Crippen molar-refractivity contribution in [2.75, 3.05) is 17.2 Å². The minimum atomic E-state index is -1.14. The molecule has 8 nitrogen and oxygen atoms in total. The van der Waals surface area contributed by atoms with Crippen molar-refractivity contribution in [2.24, 2.45) is 5.92 Å². The molecule has 0 aliphatic heterocycles. The number of nitrogens with two attached hydrogens (primary N) is 1. The molecule has 3 N–H and O–H groups in total. The number of nitrogen functional groups attached to an aromatic ring is 1. The van der Waals surface area contributed by atoms with Crippen molar-refractivity contribution in [1.82, 2.24) is 9.55 Å². The molecule has 0 fully saturated rings. The van der Waals surface area contributed by atoms with Gasteiger partial charge >= 0.3 is 5.69 Å². The number of halogens is 2. The van der Waals surface area contributed by atoms with E-state index in [9.17, 15) is 23.2 Å². The van der Waals surface area contributed by atoms with E-state index in [-0.39, 0.29) is 36.3 Å². The van der Waals surface area contributed by atoms with Crippen LogP contribution in [0.15, 0.2) is 27.8 Å². The maximum absolute atomic E-state index is 13.5.